The summed E-state index contributed by atoms with van der Waals surface area (Å²) in [4.78, 5) is 42.4. The van der Waals surface area contributed by atoms with E-state index < -0.39 is 17.6 Å². The average Bonchev–Trinajstić information content (AvgIpc) is 3.30. The number of carbonyl (C=O) groups is 3. The molecule has 5 rings (SSSR count). The Morgan fingerprint density at radius 1 is 0.939 bits per heavy atom. The SMILES string of the molecule is O=C(OCc1nc(-c2ccc(F)cc2)no1)c1ccc2c(c1Cl)C(=O)c1ccccc1C2=O. The van der Waals surface area contributed by atoms with Gasteiger partial charge in [-0.05, 0) is 36.4 Å². The lowest BCUT2D eigenvalue weighted by Gasteiger charge is -2.19. The molecule has 0 atom stereocenters. The normalized spacial score (nSPS) is 12.3. The number of aromatic nitrogens is 2. The number of hydrogen-bond donors (Lipinski definition) is 0. The van der Waals surface area contributed by atoms with Gasteiger partial charge in [-0.15, -0.1) is 0 Å². The van der Waals surface area contributed by atoms with E-state index in [2.05, 4.69) is 10.1 Å². The largest absolute Gasteiger partial charge is 0.452 e. The van der Waals surface area contributed by atoms with Crippen LogP contribution in [0.3, 0.4) is 0 Å². The van der Waals surface area contributed by atoms with Crippen molar-refractivity contribution in [1.29, 1.82) is 0 Å². The van der Waals surface area contributed by atoms with Gasteiger partial charge in [-0.3, -0.25) is 9.59 Å². The molecule has 33 heavy (non-hydrogen) atoms. The Bertz CT molecular complexity index is 1450. The van der Waals surface area contributed by atoms with Gasteiger partial charge in [0, 0.05) is 22.3 Å². The molecule has 0 N–H and O–H groups in total. The van der Waals surface area contributed by atoms with Crippen LogP contribution in [0.1, 0.15) is 48.1 Å². The summed E-state index contributed by atoms with van der Waals surface area (Å²) < 4.78 is 23.3. The maximum atomic E-state index is 13.1. The first kappa shape index (κ1) is 20.7. The van der Waals surface area contributed by atoms with Crippen LogP contribution >= 0.6 is 11.6 Å². The van der Waals surface area contributed by atoms with Crippen molar-refractivity contribution in [2.45, 2.75) is 6.61 Å². The molecule has 0 radical (unpaired) electrons. The van der Waals surface area contributed by atoms with Gasteiger partial charge in [0.15, 0.2) is 18.2 Å². The fraction of sp³-hybridized carbons (Fsp3) is 0.0417. The van der Waals surface area contributed by atoms with E-state index >= 15 is 0 Å². The van der Waals surface area contributed by atoms with E-state index in [9.17, 15) is 18.8 Å². The number of halogens is 2. The fourth-order valence-electron chi connectivity index (χ4n) is 3.54. The molecule has 3 aromatic carbocycles. The van der Waals surface area contributed by atoms with Crippen molar-refractivity contribution in [3.8, 4) is 11.4 Å². The van der Waals surface area contributed by atoms with E-state index in [4.69, 9.17) is 20.9 Å². The molecule has 0 fully saturated rings. The van der Waals surface area contributed by atoms with Crippen LogP contribution in [0.25, 0.3) is 11.4 Å². The molecule has 1 aliphatic carbocycles. The van der Waals surface area contributed by atoms with Crippen LogP contribution in [-0.2, 0) is 11.3 Å². The number of ketones is 2. The highest BCUT2D eigenvalue weighted by Gasteiger charge is 2.33. The van der Waals surface area contributed by atoms with Gasteiger partial charge in [0.1, 0.15) is 5.82 Å². The van der Waals surface area contributed by atoms with E-state index in [1.54, 1.807) is 18.2 Å². The minimum absolute atomic E-state index is 0.0111. The first-order valence-corrected chi connectivity index (χ1v) is 10.1. The molecule has 0 bridgehead atoms. The lowest BCUT2D eigenvalue weighted by molar-refractivity contribution is 0.0430. The monoisotopic (exact) mass is 462 g/mol. The molecule has 1 aliphatic rings. The van der Waals surface area contributed by atoms with E-state index in [-0.39, 0.29) is 56.9 Å². The number of fused-ring (bicyclic) bond motifs is 2. The highest BCUT2D eigenvalue weighted by Crippen LogP contribution is 2.34. The van der Waals surface area contributed by atoms with Crippen LogP contribution in [0, 0.1) is 5.82 Å². The van der Waals surface area contributed by atoms with Gasteiger partial charge in [-0.2, -0.15) is 4.98 Å². The number of carbonyl (C=O) groups excluding carboxylic acids is 3. The van der Waals surface area contributed by atoms with Crippen LogP contribution in [0.4, 0.5) is 4.39 Å². The average molecular weight is 463 g/mol. The first-order chi connectivity index (χ1) is 15.9. The Morgan fingerprint density at radius 2 is 1.64 bits per heavy atom. The molecule has 0 aliphatic heterocycles. The third-order valence-electron chi connectivity index (χ3n) is 5.15. The van der Waals surface area contributed by atoms with Crippen LogP contribution in [0.2, 0.25) is 5.02 Å². The van der Waals surface area contributed by atoms with E-state index in [0.29, 0.717) is 5.56 Å². The summed E-state index contributed by atoms with van der Waals surface area (Å²) >= 11 is 6.37. The van der Waals surface area contributed by atoms with Gasteiger partial charge in [0.25, 0.3) is 5.89 Å². The molecule has 4 aromatic rings. The molecular weight excluding hydrogens is 451 g/mol. The summed E-state index contributed by atoms with van der Waals surface area (Å²) in [7, 11) is 0. The Morgan fingerprint density at radius 3 is 2.36 bits per heavy atom. The van der Waals surface area contributed by atoms with E-state index in [1.165, 1.54) is 42.5 Å². The topological polar surface area (TPSA) is 99.4 Å². The van der Waals surface area contributed by atoms with E-state index in [0.717, 1.165) is 0 Å². The number of rotatable bonds is 4. The van der Waals surface area contributed by atoms with Crippen molar-refractivity contribution in [1.82, 2.24) is 10.1 Å². The fourth-order valence-corrected chi connectivity index (χ4v) is 3.87. The predicted octanol–water partition coefficient (Wildman–Crippen LogP) is 4.66. The summed E-state index contributed by atoms with van der Waals surface area (Å²) in [5.41, 5.74) is 1.05. The third-order valence-corrected chi connectivity index (χ3v) is 5.54. The lowest BCUT2D eigenvalue weighted by Crippen LogP contribution is -2.22. The lowest BCUT2D eigenvalue weighted by atomic mass is 9.83. The minimum atomic E-state index is -0.830. The van der Waals surface area contributed by atoms with Crippen molar-refractivity contribution in [3.05, 3.63) is 105 Å². The standard InChI is InChI=1S/C24H12ClFN2O5/c25-20-17(10-9-16-19(20)22(30)15-4-2-1-3-14(15)21(16)29)24(31)32-11-18-27-23(28-33-18)12-5-7-13(26)8-6-12/h1-10H,11H2. The van der Waals surface area contributed by atoms with Crippen molar-refractivity contribution >= 4 is 29.1 Å². The summed E-state index contributed by atoms with van der Waals surface area (Å²) in [5.74, 6) is -1.81. The molecule has 1 aromatic heterocycles. The van der Waals surface area contributed by atoms with Gasteiger partial charge in [0.2, 0.25) is 5.82 Å². The number of nitrogens with zero attached hydrogens (tertiary/aromatic N) is 2. The second kappa shape index (κ2) is 8.07. The Kier molecular flexibility index (Phi) is 5.07. The van der Waals surface area contributed by atoms with Gasteiger partial charge in [0.05, 0.1) is 16.1 Å². The summed E-state index contributed by atoms with van der Waals surface area (Å²) in [5, 5.41) is 3.61. The van der Waals surface area contributed by atoms with Crippen molar-refractivity contribution in [2.75, 3.05) is 0 Å². The third kappa shape index (κ3) is 3.60. The quantitative estimate of drug-likeness (QED) is 0.358. The molecule has 0 saturated heterocycles. The second-order valence-electron chi connectivity index (χ2n) is 7.15. The van der Waals surface area contributed by atoms with Crippen LogP contribution in [-0.4, -0.2) is 27.7 Å². The van der Waals surface area contributed by atoms with Crippen LogP contribution < -0.4 is 0 Å². The maximum absolute atomic E-state index is 13.1. The first-order valence-electron chi connectivity index (χ1n) is 9.70. The number of hydrogen-bond acceptors (Lipinski definition) is 7. The highest BCUT2D eigenvalue weighted by molar-refractivity contribution is 6.41. The van der Waals surface area contributed by atoms with Crippen molar-refractivity contribution < 1.29 is 28.0 Å². The predicted molar refractivity (Wildman–Crippen MR) is 114 cm³/mol. The number of ether oxygens (including phenoxy) is 1. The zero-order valence-electron chi connectivity index (χ0n) is 16.7. The minimum Gasteiger partial charge on any atom is -0.452 e. The van der Waals surface area contributed by atoms with Gasteiger partial charge < -0.3 is 9.26 Å². The summed E-state index contributed by atoms with van der Waals surface area (Å²) in [6.07, 6.45) is 0. The molecule has 1 heterocycles. The van der Waals surface area contributed by atoms with E-state index in [1.807, 2.05) is 0 Å². The summed E-state index contributed by atoms with van der Waals surface area (Å²) in [6.45, 7) is -0.351. The molecule has 0 spiro atoms. The van der Waals surface area contributed by atoms with Crippen molar-refractivity contribution in [2.24, 2.45) is 0 Å². The number of benzene rings is 3. The molecule has 9 heteroatoms. The zero-order chi connectivity index (χ0) is 23.1. The number of esters is 1. The molecule has 7 nitrogen and oxygen atoms in total. The zero-order valence-corrected chi connectivity index (χ0v) is 17.4. The Hall–Kier alpha value is -4.17. The Balaban J connectivity index is 1.37. The highest BCUT2D eigenvalue weighted by atomic mass is 35.5. The maximum Gasteiger partial charge on any atom is 0.340 e. The van der Waals surface area contributed by atoms with Crippen molar-refractivity contribution in [3.63, 3.8) is 0 Å². The van der Waals surface area contributed by atoms with Gasteiger partial charge in [-0.25, -0.2) is 9.18 Å². The molecule has 0 amide bonds. The molecule has 0 unspecified atom stereocenters. The van der Waals surface area contributed by atoms with Gasteiger partial charge >= 0.3 is 5.97 Å². The van der Waals surface area contributed by atoms with Gasteiger partial charge in [-0.1, -0.05) is 41.0 Å². The second-order valence-corrected chi connectivity index (χ2v) is 7.53. The van der Waals surface area contributed by atoms with Crippen LogP contribution in [0.15, 0.2) is 65.2 Å². The molecular formula is C24H12ClFN2O5. The Labute approximate surface area is 190 Å². The van der Waals surface area contributed by atoms with Crippen LogP contribution in [0.5, 0.6) is 0 Å². The summed E-state index contributed by atoms with van der Waals surface area (Å²) in [6, 6.07) is 14.6. The smallest absolute Gasteiger partial charge is 0.340 e. The molecule has 162 valence electrons. The molecule has 0 saturated carbocycles.